The van der Waals surface area contributed by atoms with Crippen LogP contribution in [0.2, 0.25) is 0 Å². The van der Waals surface area contributed by atoms with Crippen molar-refractivity contribution >= 4 is 5.95 Å². The molecule has 3 rings (SSSR count). The van der Waals surface area contributed by atoms with Crippen molar-refractivity contribution in [2.75, 3.05) is 11.9 Å². The van der Waals surface area contributed by atoms with E-state index < -0.39 is 0 Å². The summed E-state index contributed by atoms with van der Waals surface area (Å²) >= 11 is 0. The summed E-state index contributed by atoms with van der Waals surface area (Å²) in [5.74, 6) is 0.727. The lowest BCUT2D eigenvalue weighted by molar-refractivity contribution is 0.314. The molecule has 0 spiro atoms. The molecule has 1 fully saturated rings. The highest BCUT2D eigenvalue weighted by Gasteiger charge is 2.35. The highest BCUT2D eigenvalue weighted by molar-refractivity contribution is 5.27. The van der Waals surface area contributed by atoms with Crippen LogP contribution in [-0.2, 0) is 0 Å². The third-order valence-electron chi connectivity index (χ3n) is 4.76. The van der Waals surface area contributed by atoms with Gasteiger partial charge in [-0.3, -0.25) is 0 Å². The van der Waals surface area contributed by atoms with Crippen molar-refractivity contribution in [3.63, 3.8) is 0 Å². The number of benzene rings is 1. The Morgan fingerprint density at radius 1 is 1.13 bits per heavy atom. The van der Waals surface area contributed by atoms with E-state index in [1.807, 2.05) is 19.2 Å². The lowest BCUT2D eigenvalue weighted by Gasteiger charge is -2.34. The number of aryl methyl sites for hydroxylation is 1. The molecular formula is C19H26N4. The summed E-state index contributed by atoms with van der Waals surface area (Å²) in [5.41, 5.74) is 2.46. The third kappa shape index (κ3) is 4.08. The summed E-state index contributed by atoms with van der Waals surface area (Å²) in [7, 11) is 0. The van der Waals surface area contributed by atoms with Gasteiger partial charge in [-0.15, -0.1) is 0 Å². The summed E-state index contributed by atoms with van der Waals surface area (Å²) < 4.78 is 0. The maximum Gasteiger partial charge on any atom is 0.222 e. The molecule has 4 heteroatoms. The van der Waals surface area contributed by atoms with Crippen molar-refractivity contribution in [2.24, 2.45) is 0 Å². The quantitative estimate of drug-likeness (QED) is 0.850. The summed E-state index contributed by atoms with van der Waals surface area (Å²) in [5, 5.41) is 7.32. The fourth-order valence-corrected chi connectivity index (χ4v) is 3.49. The van der Waals surface area contributed by atoms with Gasteiger partial charge in [-0.1, -0.05) is 43.2 Å². The molecule has 0 amide bonds. The number of hydrogen-bond donors (Lipinski definition) is 2. The summed E-state index contributed by atoms with van der Waals surface area (Å²) in [6, 6.07) is 12.9. The van der Waals surface area contributed by atoms with Gasteiger partial charge in [0.1, 0.15) is 0 Å². The van der Waals surface area contributed by atoms with Gasteiger partial charge in [-0.05, 0) is 38.3 Å². The molecule has 2 N–H and O–H groups in total. The van der Waals surface area contributed by atoms with Crippen molar-refractivity contribution in [3.8, 4) is 0 Å². The van der Waals surface area contributed by atoms with Crippen LogP contribution in [0.15, 0.2) is 42.6 Å². The highest BCUT2D eigenvalue weighted by atomic mass is 15.1. The van der Waals surface area contributed by atoms with E-state index in [9.17, 15) is 0 Å². The number of rotatable bonds is 6. The first kappa shape index (κ1) is 15.9. The number of hydrogen-bond acceptors (Lipinski definition) is 4. The van der Waals surface area contributed by atoms with E-state index in [1.54, 1.807) is 0 Å². The molecule has 1 saturated carbocycles. The molecule has 1 aromatic heterocycles. The Morgan fingerprint density at radius 2 is 1.87 bits per heavy atom. The van der Waals surface area contributed by atoms with Crippen molar-refractivity contribution < 1.29 is 0 Å². The topological polar surface area (TPSA) is 49.8 Å². The van der Waals surface area contributed by atoms with Crippen LogP contribution >= 0.6 is 0 Å². The van der Waals surface area contributed by atoms with Gasteiger partial charge >= 0.3 is 0 Å². The zero-order valence-electron chi connectivity index (χ0n) is 14.0. The van der Waals surface area contributed by atoms with Gasteiger partial charge in [0, 0.05) is 30.0 Å². The van der Waals surface area contributed by atoms with Gasteiger partial charge in [0.05, 0.1) is 0 Å². The molecule has 4 nitrogen and oxygen atoms in total. The van der Waals surface area contributed by atoms with Crippen LogP contribution in [0.4, 0.5) is 5.95 Å². The van der Waals surface area contributed by atoms with Crippen LogP contribution in [0.5, 0.6) is 0 Å². The minimum Gasteiger partial charge on any atom is -0.352 e. The standard InChI is InChI=1S/C19H26N4/c1-15-10-13-20-18(22-15)21-14-19(11-6-7-12-19)23-16(2)17-8-4-3-5-9-17/h3-5,8-10,13,16,23H,6-7,11-12,14H2,1-2H3,(H,20,21,22). The minimum atomic E-state index is 0.127. The molecule has 1 atom stereocenters. The Labute approximate surface area is 138 Å². The van der Waals surface area contributed by atoms with E-state index in [2.05, 4.69) is 57.9 Å². The maximum atomic E-state index is 4.45. The predicted octanol–water partition coefficient (Wildman–Crippen LogP) is 3.86. The zero-order valence-corrected chi connectivity index (χ0v) is 14.0. The Hall–Kier alpha value is -1.94. The van der Waals surface area contributed by atoms with E-state index in [-0.39, 0.29) is 5.54 Å². The first-order chi connectivity index (χ1) is 11.2. The first-order valence-corrected chi connectivity index (χ1v) is 8.53. The van der Waals surface area contributed by atoms with Gasteiger partial charge in [0.25, 0.3) is 0 Å². The fourth-order valence-electron chi connectivity index (χ4n) is 3.49. The summed E-state index contributed by atoms with van der Waals surface area (Å²) in [6.45, 7) is 5.11. The number of anilines is 1. The van der Waals surface area contributed by atoms with Crippen molar-refractivity contribution in [3.05, 3.63) is 53.9 Å². The minimum absolute atomic E-state index is 0.127. The van der Waals surface area contributed by atoms with Crippen LogP contribution in [0.1, 0.15) is 49.9 Å². The van der Waals surface area contributed by atoms with Crippen molar-refractivity contribution in [1.29, 1.82) is 0 Å². The van der Waals surface area contributed by atoms with Gasteiger partial charge < -0.3 is 10.6 Å². The average molecular weight is 310 g/mol. The lowest BCUT2D eigenvalue weighted by Crippen LogP contribution is -2.49. The Morgan fingerprint density at radius 3 is 2.57 bits per heavy atom. The van der Waals surface area contributed by atoms with Crippen LogP contribution < -0.4 is 10.6 Å². The molecule has 23 heavy (non-hydrogen) atoms. The second-order valence-corrected chi connectivity index (χ2v) is 6.64. The van der Waals surface area contributed by atoms with E-state index in [0.29, 0.717) is 6.04 Å². The van der Waals surface area contributed by atoms with Crippen molar-refractivity contribution in [2.45, 2.75) is 51.1 Å². The molecule has 122 valence electrons. The number of nitrogens with zero attached hydrogens (tertiary/aromatic N) is 2. The molecular weight excluding hydrogens is 284 g/mol. The second-order valence-electron chi connectivity index (χ2n) is 6.64. The van der Waals surface area contributed by atoms with Crippen molar-refractivity contribution in [1.82, 2.24) is 15.3 Å². The van der Waals surface area contributed by atoms with Crippen LogP contribution in [0.25, 0.3) is 0 Å². The monoisotopic (exact) mass is 310 g/mol. The Kier molecular flexibility index (Phi) is 4.91. The number of aromatic nitrogens is 2. The molecule has 1 unspecified atom stereocenters. The van der Waals surface area contributed by atoms with Crippen LogP contribution in [0.3, 0.4) is 0 Å². The molecule has 1 aromatic carbocycles. The normalized spacial score (nSPS) is 17.8. The van der Waals surface area contributed by atoms with Crippen LogP contribution in [-0.4, -0.2) is 22.1 Å². The van der Waals surface area contributed by atoms with Crippen LogP contribution in [0, 0.1) is 6.92 Å². The smallest absolute Gasteiger partial charge is 0.222 e. The maximum absolute atomic E-state index is 4.45. The first-order valence-electron chi connectivity index (χ1n) is 8.53. The molecule has 0 radical (unpaired) electrons. The third-order valence-corrected chi connectivity index (χ3v) is 4.76. The summed E-state index contributed by atoms with van der Waals surface area (Å²) in [4.78, 5) is 8.77. The van der Waals surface area contributed by atoms with E-state index in [0.717, 1.165) is 18.2 Å². The molecule has 0 bridgehead atoms. The molecule has 0 saturated heterocycles. The molecule has 0 aliphatic heterocycles. The Bertz CT molecular complexity index is 620. The lowest BCUT2D eigenvalue weighted by atomic mass is 9.94. The fraction of sp³-hybridized carbons (Fsp3) is 0.474. The highest BCUT2D eigenvalue weighted by Crippen LogP contribution is 2.32. The molecule has 2 aromatic rings. The number of nitrogens with one attached hydrogen (secondary N) is 2. The largest absolute Gasteiger partial charge is 0.352 e. The zero-order chi connectivity index (χ0) is 16.1. The molecule has 1 aliphatic carbocycles. The molecule has 1 aliphatic rings. The average Bonchev–Trinajstić information content (AvgIpc) is 3.03. The van der Waals surface area contributed by atoms with Gasteiger partial charge in [0.15, 0.2) is 0 Å². The van der Waals surface area contributed by atoms with Gasteiger partial charge in [-0.2, -0.15) is 0 Å². The predicted molar refractivity (Wildman–Crippen MR) is 94.5 cm³/mol. The SMILES string of the molecule is Cc1ccnc(NCC2(NC(C)c3ccccc3)CCCC2)n1. The summed E-state index contributed by atoms with van der Waals surface area (Å²) in [6.07, 6.45) is 6.77. The van der Waals surface area contributed by atoms with E-state index >= 15 is 0 Å². The van der Waals surface area contributed by atoms with Gasteiger partial charge in [-0.25, -0.2) is 9.97 Å². The van der Waals surface area contributed by atoms with Gasteiger partial charge in [0.2, 0.25) is 5.95 Å². The van der Waals surface area contributed by atoms with E-state index in [4.69, 9.17) is 0 Å². The Balaban J connectivity index is 1.67. The second kappa shape index (κ2) is 7.09. The van der Waals surface area contributed by atoms with E-state index in [1.165, 1.54) is 31.2 Å². The molecule has 1 heterocycles.